The van der Waals surface area contributed by atoms with Gasteiger partial charge in [-0.3, -0.25) is 9.36 Å². The SMILES string of the molecule is CC(C)n1c(SCC(=O)NCc2ccccc2Cl)nnc1-c1ccc2c(c1)OCCCO2. The van der Waals surface area contributed by atoms with Gasteiger partial charge >= 0.3 is 0 Å². The Morgan fingerprint density at radius 2 is 1.94 bits per heavy atom. The number of rotatable bonds is 7. The first kappa shape index (κ1) is 22.5. The number of amides is 1. The van der Waals surface area contributed by atoms with Crippen LogP contribution in [-0.2, 0) is 11.3 Å². The molecule has 168 valence electrons. The highest BCUT2D eigenvalue weighted by molar-refractivity contribution is 7.99. The second-order valence-corrected chi connectivity index (χ2v) is 8.99. The third-order valence-electron chi connectivity index (χ3n) is 4.95. The maximum absolute atomic E-state index is 12.4. The van der Waals surface area contributed by atoms with Gasteiger partial charge in [-0.05, 0) is 43.7 Å². The van der Waals surface area contributed by atoms with Gasteiger partial charge in [-0.25, -0.2) is 0 Å². The number of halogens is 1. The number of benzene rings is 2. The van der Waals surface area contributed by atoms with Crippen LogP contribution < -0.4 is 14.8 Å². The van der Waals surface area contributed by atoms with Crippen molar-refractivity contribution in [3.05, 3.63) is 53.1 Å². The topological polar surface area (TPSA) is 78.3 Å². The maximum Gasteiger partial charge on any atom is 0.230 e. The largest absolute Gasteiger partial charge is 0.490 e. The van der Waals surface area contributed by atoms with Gasteiger partial charge in [0, 0.05) is 29.6 Å². The minimum Gasteiger partial charge on any atom is -0.490 e. The smallest absolute Gasteiger partial charge is 0.230 e. The molecule has 0 radical (unpaired) electrons. The molecule has 0 bridgehead atoms. The number of carbonyl (C=O) groups is 1. The summed E-state index contributed by atoms with van der Waals surface area (Å²) < 4.78 is 13.6. The van der Waals surface area contributed by atoms with Gasteiger partial charge in [0.2, 0.25) is 5.91 Å². The number of nitrogens with one attached hydrogen (secondary N) is 1. The lowest BCUT2D eigenvalue weighted by Crippen LogP contribution is -2.25. The fourth-order valence-electron chi connectivity index (χ4n) is 3.36. The average Bonchev–Trinajstić information content (AvgIpc) is 3.08. The van der Waals surface area contributed by atoms with Crippen LogP contribution >= 0.6 is 23.4 Å². The summed E-state index contributed by atoms with van der Waals surface area (Å²) in [4.78, 5) is 12.4. The van der Waals surface area contributed by atoms with Crippen molar-refractivity contribution in [2.75, 3.05) is 19.0 Å². The van der Waals surface area contributed by atoms with E-state index < -0.39 is 0 Å². The van der Waals surface area contributed by atoms with Crippen LogP contribution in [0.4, 0.5) is 0 Å². The number of carbonyl (C=O) groups excluding carboxylic acids is 1. The van der Waals surface area contributed by atoms with Crippen molar-refractivity contribution >= 4 is 29.3 Å². The normalized spacial score (nSPS) is 13.1. The van der Waals surface area contributed by atoms with Crippen LogP contribution in [0.1, 0.15) is 31.9 Å². The Morgan fingerprint density at radius 1 is 1.16 bits per heavy atom. The van der Waals surface area contributed by atoms with Crippen LogP contribution in [0.15, 0.2) is 47.6 Å². The second kappa shape index (κ2) is 10.3. The van der Waals surface area contributed by atoms with Crippen LogP contribution in [0.25, 0.3) is 11.4 Å². The summed E-state index contributed by atoms with van der Waals surface area (Å²) in [6, 6.07) is 13.4. The zero-order valence-electron chi connectivity index (χ0n) is 18.0. The minimum atomic E-state index is -0.0923. The van der Waals surface area contributed by atoms with Crippen molar-refractivity contribution in [2.24, 2.45) is 0 Å². The highest BCUT2D eigenvalue weighted by Crippen LogP contribution is 2.35. The predicted octanol–water partition coefficient (Wildman–Crippen LogP) is 4.75. The molecule has 1 aromatic heterocycles. The zero-order valence-corrected chi connectivity index (χ0v) is 19.6. The first-order valence-electron chi connectivity index (χ1n) is 10.5. The van der Waals surface area contributed by atoms with Gasteiger partial charge in [-0.15, -0.1) is 10.2 Å². The second-order valence-electron chi connectivity index (χ2n) is 7.64. The van der Waals surface area contributed by atoms with Crippen LogP contribution in [0.2, 0.25) is 5.02 Å². The number of hydrogen-bond acceptors (Lipinski definition) is 6. The van der Waals surface area contributed by atoms with E-state index in [9.17, 15) is 4.79 Å². The van der Waals surface area contributed by atoms with E-state index >= 15 is 0 Å². The lowest BCUT2D eigenvalue weighted by atomic mass is 10.2. The Hall–Kier alpha value is -2.71. The number of thioether (sulfide) groups is 1. The van der Waals surface area contributed by atoms with Crippen molar-refractivity contribution in [3.63, 3.8) is 0 Å². The summed E-state index contributed by atoms with van der Waals surface area (Å²) in [6.45, 7) is 5.79. The summed E-state index contributed by atoms with van der Waals surface area (Å²) in [5, 5.41) is 13.0. The third-order valence-corrected chi connectivity index (χ3v) is 6.26. The monoisotopic (exact) mass is 472 g/mol. The molecule has 1 amide bonds. The molecular weight excluding hydrogens is 448 g/mol. The van der Waals surface area contributed by atoms with E-state index in [1.807, 2.05) is 47.0 Å². The molecule has 0 saturated carbocycles. The Labute approximate surface area is 196 Å². The Morgan fingerprint density at radius 3 is 2.72 bits per heavy atom. The van der Waals surface area contributed by atoms with E-state index in [0.29, 0.717) is 35.7 Å². The standard InChI is InChI=1S/C23H25ClN4O3S/c1-15(2)28-22(16-8-9-19-20(12-16)31-11-5-10-30-19)26-27-23(28)32-14-21(29)25-13-17-6-3-4-7-18(17)24/h3-4,6-9,12,15H,5,10-11,13-14H2,1-2H3,(H,25,29). The summed E-state index contributed by atoms with van der Waals surface area (Å²) in [6.07, 6.45) is 0.853. The molecule has 0 saturated heterocycles. The summed E-state index contributed by atoms with van der Waals surface area (Å²) in [5.74, 6) is 2.33. The molecule has 2 aromatic carbocycles. The molecule has 0 unspecified atom stereocenters. The van der Waals surface area contributed by atoms with Crippen molar-refractivity contribution < 1.29 is 14.3 Å². The molecule has 4 rings (SSSR count). The number of hydrogen-bond donors (Lipinski definition) is 1. The first-order valence-corrected chi connectivity index (χ1v) is 11.9. The van der Waals surface area contributed by atoms with Crippen molar-refractivity contribution in [2.45, 2.75) is 38.0 Å². The van der Waals surface area contributed by atoms with E-state index in [2.05, 4.69) is 29.4 Å². The molecule has 32 heavy (non-hydrogen) atoms. The number of aromatic nitrogens is 3. The van der Waals surface area contributed by atoms with Gasteiger partial charge < -0.3 is 14.8 Å². The van der Waals surface area contributed by atoms with Crippen LogP contribution in [0.5, 0.6) is 11.5 Å². The van der Waals surface area contributed by atoms with E-state index in [4.69, 9.17) is 21.1 Å². The van der Waals surface area contributed by atoms with Crippen molar-refractivity contribution in [1.82, 2.24) is 20.1 Å². The lowest BCUT2D eigenvalue weighted by Gasteiger charge is -2.15. The summed E-state index contributed by atoms with van der Waals surface area (Å²) >= 11 is 7.51. The molecule has 0 spiro atoms. The average molecular weight is 473 g/mol. The first-order chi connectivity index (χ1) is 15.5. The molecule has 9 heteroatoms. The van der Waals surface area contributed by atoms with E-state index in [1.54, 1.807) is 0 Å². The van der Waals surface area contributed by atoms with Crippen molar-refractivity contribution in [3.8, 4) is 22.9 Å². The summed E-state index contributed by atoms with van der Waals surface area (Å²) in [7, 11) is 0. The highest BCUT2D eigenvalue weighted by atomic mass is 35.5. The van der Waals surface area contributed by atoms with Crippen molar-refractivity contribution in [1.29, 1.82) is 0 Å². The lowest BCUT2D eigenvalue weighted by molar-refractivity contribution is -0.118. The summed E-state index contributed by atoms with van der Waals surface area (Å²) in [5.41, 5.74) is 1.78. The van der Waals surface area contributed by atoms with E-state index in [1.165, 1.54) is 11.8 Å². The molecule has 1 N–H and O–H groups in total. The van der Waals surface area contributed by atoms with Gasteiger partial charge in [-0.2, -0.15) is 0 Å². The molecule has 2 heterocycles. The van der Waals surface area contributed by atoms with Crippen LogP contribution in [-0.4, -0.2) is 39.6 Å². The van der Waals surface area contributed by atoms with Gasteiger partial charge in [0.1, 0.15) is 0 Å². The molecule has 7 nitrogen and oxygen atoms in total. The fourth-order valence-corrected chi connectivity index (χ4v) is 4.46. The molecule has 1 aliphatic heterocycles. The molecule has 1 aliphatic rings. The number of fused-ring (bicyclic) bond motifs is 1. The molecule has 0 fully saturated rings. The maximum atomic E-state index is 12.4. The minimum absolute atomic E-state index is 0.0923. The highest BCUT2D eigenvalue weighted by Gasteiger charge is 2.20. The van der Waals surface area contributed by atoms with Gasteiger partial charge in [-0.1, -0.05) is 41.6 Å². The third kappa shape index (κ3) is 5.19. The van der Waals surface area contributed by atoms with E-state index in [0.717, 1.165) is 29.1 Å². The predicted molar refractivity (Wildman–Crippen MR) is 125 cm³/mol. The number of ether oxygens (including phenoxy) is 2. The molecule has 0 atom stereocenters. The molecular formula is C23H25ClN4O3S. The molecule has 0 aliphatic carbocycles. The zero-order chi connectivity index (χ0) is 22.5. The Balaban J connectivity index is 1.46. The van der Waals surface area contributed by atoms with Crippen LogP contribution in [0.3, 0.4) is 0 Å². The quantitative estimate of drug-likeness (QED) is 0.500. The number of nitrogens with zero attached hydrogens (tertiary/aromatic N) is 3. The van der Waals surface area contributed by atoms with E-state index in [-0.39, 0.29) is 17.7 Å². The van der Waals surface area contributed by atoms with Gasteiger partial charge in [0.05, 0.1) is 19.0 Å². The van der Waals surface area contributed by atoms with Gasteiger partial charge in [0.25, 0.3) is 0 Å². The van der Waals surface area contributed by atoms with Crippen LogP contribution in [0, 0.1) is 0 Å². The fraction of sp³-hybridized carbons (Fsp3) is 0.348. The molecule has 3 aromatic rings. The Kier molecular flexibility index (Phi) is 7.22. The Bertz CT molecular complexity index is 1100. The van der Waals surface area contributed by atoms with Gasteiger partial charge in [0.15, 0.2) is 22.5 Å².